The van der Waals surface area contributed by atoms with Gasteiger partial charge in [-0.1, -0.05) is 18.2 Å². The second kappa shape index (κ2) is 5.14. The van der Waals surface area contributed by atoms with E-state index in [1.54, 1.807) is 47.0 Å². The van der Waals surface area contributed by atoms with Gasteiger partial charge in [-0.3, -0.25) is 0 Å². The zero-order valence-corrected chi connectivity index (χ0v) is 12.2. The molecule has 0 unspecified atom stereocenters. The van der Waals surface area contributed by atoms with Crippen LogP contribution < -0.4 is 0 Å². The van der Waals surface area contributed by atoms with Crippen molar-refractivity contribution in [2.45, 2.75) is 0 Å². The van der Waals surface area contributed by atoms with Crippen molar-refractivity contribution in [3.05, 3.63) is 77.7 Å². The Morgan fingerprint density at radius 3 is 2.42 bits per heavy atom. The molecular formula is C19H9F3N2. The summed E-state index contributed by atoms with van der Waals surface area (Å²) in [6, 6.07) is 14.5. The first kappa shape index (κ1) is 14.3. The van der Waals surface area contributed by atoms with Crippen LogP contribution in [-0.4, -0.2) is 4.40 Å². The van der Waals surface area contributed by atoms with Gasteiger partial charge in [0.1, 0.15) is 6.07 Å². The number of pyridine rings is 1. The fraction of sp³-hybridized carbons (Fsp3) is 0. The molecule has 0 amide bonds. The summed E-state index contributed by atoms with van der Waals surface area (Å²) in [4.78, 5) is 0. The van der Waals surface area contributed by atoms with Crippen LogP contribution >= 0.6 is 0 Å². The van der Waals surface area contributed by atoms with E-state index in [0.717, 1.165) is 10.9 Å². The van der Waals surface area contributed by atoms with Crippen LogP contribution in [0.4, 0.5) is 13.2 Å². The summed E-state index contributed by atoms with van der Waals surface area (Å²) in [6.07, 6.45) is 1.77. The Balaban J connectivity index is 2.20. The molecule has 0 saturated carbocycles. The van der Waals surface area contributed by atoms with Gasteiger partial charge in [-0.25, -0.2) is 13.2 Å². The molecule has 4 rings (SSSR count). The Bertz CT molecular complexity index is 1150. The Labute approximate surface area is 135 Å². The quantitative estimate of drug-likeness (QED) is 0.451. The molecule has 116 valence electrons. The predicted octanol–water partition coefficient (Wildman–Crippen LogP) is 5.05. The van der Waals surface area contributed by atoms with E-state index in [4.69, 9.17) is 5.26 Å². The molecule has 0 fully saturated rings. The van der Waals surface area contributed by atoms with Gasteiger partial charge in [0.15, 0.2) is 17.5 Å². The summed E-state index contributed by atoms with van der Waals surface area (Å²) in [5.74, 6) is -3.61. The Kier molecular flexibility index (Phi) is 3.07. The monoisotopic (exact) mass is 322 g/mol. The molecule has 0 spiro atoms. The van der Waals surface area contributed by atoms with Crippen molar-refractivity contribution in [1.29, 1.82) is 5.26 Å². The maximum absolute atomic E-state index is 14.6. The van der Waals surface area contributed by atoms with Gasteiger partial charge in [-0.05, 0) is 35.7 Å². The van der Waals surface area contributed by atoms with Gasteiger partial charge in [-0.15, -0.1) is 0 Å². The molecule has 5 heteroatoms. The fourth-order valence-corrected chi connectivity index (χ4v) is 2.99. The fourth-order valence-electron chi connectivity index (χ4n) is 2.99. The number of rotatable bonds is 1. The van der Waals surface area contributed by atoms with Crippen molar-refractivity contribution in [1.82, 2.24) is 4.40 Å². The minimum Gasteiger partial charge on any atom is -0.316 e. The topological polar surface area (TPSA) is 28.2 Å². The molecular weight excluding hydrogens is 313 g/mol. The number of para-hydroxylation sites is 1. The highest BCUT2D eigenvalue weighted by Gasteiger charge is 2.22. The first-order valence-electron chi connectivity index (χ1n) is 7.18. The predicted molar refractivity (Wildman–Crippen MR) is 84.9 cm³/mol. The highest BCUT2D eigenvalue weighted by Crippen LogP contribution is 2.35. The summed E-state index contributed by atoms with van der Waals surface area (Å²) < 4.78 is 44.6. The summed E-state index contributed by atoms with van der Waals surface area (Å²) >= 11 is 0. The second-order valence-electron chi connectivity index (χ2n) is 5.40. The van der Waals surface area contributed by atoms with Crippen LogP contribution in [0.5, 0.6) is 0 Å². The zero-order valence-electron chi connectivity index (χ0n) is 12.2. The molecule has 2 heterocycles. The van der Waals surface area contributed by atoms with E-state index >= 15 is 0 Å². The smallest absolute Gasteiger partial charge is 0.169 e. The Morgan fingerprint density at radius 2 is 1.62 bits per heavy atom. The van der Waals surface area contributed by atoms with E-state index in [9.17, 15) is 13.2 Å². The largest absolute Gasteiger partial charge is 0.316 e. The van der Waals surface area contributed by atoms with Crippen LogP contribution in [0.25, 0.3) is 27.5 Å². The Morgan fingerprint density at radius 1 is 0.875 bits per heavy atom. The van der Waals surface area contributed by atoms with Crippen LogP contribution in [0.3, 0.4) is 0 Å². The molecule has 24 heavy (non-hydrogen) atoms. The lowest BCUT2D eigenvalue weighted by Crippen LogP contribution is -2.00. The number of fused-ring (bicyclic) bond motifs is 3. The molecule has 2 aromatic heterocycles. The molecule has 0 N–H and O–H groups in total. The lowest BCUT2D eigenvalue weighted by Gasteiger charge is -2.12. The molecule has 2 aromatic carbocycles. The minimum atomic E-state index is -1.30. The van der Waals surface area contributed by atoms with Gasteiger partial charge in [0.2, 0.25) is 0 Å². The number of halogens is 3. The van der Waals surface area contributed by atoms with Crippen molar-refractivity contribution in [2.24, 2.45) is 0 Å². The number of benzene rings is 2. The number of nitrogens with zero attached hydrogens (tertiary/aromatic N) is 2. The van der Waals surface area contributed by atoms with Gasteiger partial charge in [0.05, 0.1) is 22.2 Å². The minimum absolute atomic E-state index is 0.199. The molecule has 0 radical (unpaired) electrons. The first-order valence-corrected chi connectivity index (χ1v) is 7.18. The third-order valence-electron chi connectivity index (χ3n) is 4.07. The van der Waals surface area contributed by atoms with Gasteiger partial charge < -0.3 is 4.40 Å². The lowest BCUT2D eigenvalue weighted by atomic mass is 9.99. The zero-order chi connectivity index (χ0) is 16.8. The van der Waals surface area contributed by atoms with E-state index in [1.807, 2.05) is 12.1 Å². The van der Waals surface area contributed by atoms with Crippen LogP contribution in [0, 0.1) is 28.8 Å². The summed E-state index contributed by atoms with van der Waals surface area (Å²) in [7, 11) is 0. The third kappa shape index (κ3) is 1.90. The van der Waals surface area contributed by atoms with Crippen LogP contribution in [0.2, 0.25) is 0 Å². The molecule has 4 aromatic rings. The van der Waals surface area contributed by atoms with Crippen LogP contribution in [0.1, 0.15) is 5.56 Å². The van der Waals surface area contributed by atoms with Gasteiger partial charge >= 0.3 is 0 Å². The van der Waals surface area contributed by atoms with Gasteiger partial charge in [0.25, 0.3) is 0 Å². The average molecular weight is 322 g/mol. The van der Waals surface area contributed by atoms with E-state index in [-0.39, 0.29) is 5.56 Å². The van der Waals surface area contributed by atoms with Crippen molar-refractivity contribution in [2.75, 3.05) is 0 Å². The van der Waals surface area contributed by atoms with Gasteiger partial charge in [0, 0.05) is 11.8 Å². The molecule has 0 aliphatic heterocycles. The number of nitriles is 1. The highest BCUT2D eigenvalue weighted by molar-refractivity contribution is 5.93. The molecule has 0 saturated heterocycles. The van der Waals surface area contributed by atoms with Crippen molar-refractivity contribution < 1.29 is 13.2 Å². The highest BCUT2D eigenvalue weighted by atomic mass is 19.2. The average Bonchev–Trinajstić information content (AvgIpc) is 3.08. The van der Waals surface area contributed by atoms with Crippen LogP contribution in [0.15, 0.2) is 54.7 Å². The molecule has 2 nitrogen and oxygen atoms in total. The normalized spacial score (nSPS) is 11.1. The third-order valence-corrected chi connectivity index (χ3v) is 4.07. The van der Waals surface area contributed by atoms with E-state index in [2.05, 4.69) is 0 Å². The molecule has 0 bridgehead atoms. The maximum Gasteiger partial charge on any atom is 0.169 e. The van der Waals surface area contributed by atoms with E-state index in [1.165, 1.54) is 0 Å². The number of aromatic nitrogens is 1. The summed E-state index contributed by atoms with van der Waals surface area (Å²) in [6.45, 7) is 0. The van der Waals surface area contributed by atoms with Crippen molar-refractivity contribution >= 4 is 16.4 Å². The van der Waals surface area contributed by atoms with Gasteiger partial charge in [-0.2, -0.15) is 5.26 Å². The second-order valence-corrected chi connectivity index (χ2v) is 5.40. The lowest BCUT2D eigenvalue weighted by molar-refractivity contribution is 0.498. The van der Waals surface area contributed by atoms with Crippen molar-refractivity contribution in [3.63, 3.8) is 0 Å². The molecule has 0 atom stereocenters. The van der Waals surface area contributed by atoms with Crippen LogP contribution in [-0.2, 0) is 0 Å². The van der Waals surface area contributed by atoms with E-state index in [0.29, 0.717) is 11.6 Å². The summed E-state index contributed by atoms with van der Waals surface area (Å²) in [5.41, 5.74) is 0.535. The van der Waals surface area contributed by atoms with Crippen molar-refractivity contribution in [3.8, 4) is 17.2 Å². The van der Waals surface area contributed by atoms with E-state index < -0.39 is 28.6 Å². The maximum atomic E-state index is 14.6. The molecule has 0 aliphatic rings. The first-order chi connectivity index (χ1) is 11.6. The summed E-state index contributed by atoms with van der Waals surface area (Å²) in [5, 5.41) is 9.71. The SMILES string of the molecule is N#Cc1cc(F)c(F)c(-c2cc3ccccc3n3cccc23)c1F. The Hall–Kier alpha value is -3.26. The standard InChI is InChI=1S/C19H9F3N2/c20-14-9-12(10-23)18(21)17(19(14)22)13-8-11-4-1-2-5-15(11)24-7-3-6-16(13)24/h1-9H. The molecule has 0 aliphatic carbocycles. The number of hydrogen-bond donors (Lipinski definition) is 0. The number of hydrogen-bond acceptors (Lipinski definition) is 1.